The third kappa shape index (κ3) is 3.96. The maximum atomic E-state index is 13.3. The van der Waals surface area contributed by atoms with E-state index in [1.165, 1.54) is 13.2 Å². The third-order valence-corrected chi connectivity index (χ3v) is 3.20. The molecule has 3 nitrogen and oxygen atoms in total. The average molecular weight is 254 g/mol. The first-order chi connectivity index (χ1) is 8.62. The van der Waals surface area contributed by atoms with Crippen LogP contribution in [0.4, 0.5) is 4.39 Å². The zero-order chi connectivity index (χ0) is 13.5. The van der Waals surface area contributed by atoms with Gasteiger partial charge in [-0.15, -0.1) is 0 Å². The second-order valence-corrected chi connectivity index (χ2v) is 4.74. The summed E-state index contributed by atoms with van der Waals surface area (Å²) in [5, 5.41) is 0. The van der Waals surface area contributed by atoms with Crippen molar-refractivity contribution in [3.05, 3.63) is 29.6 Å². The van der Waals surface area contributed by atoms with Gasteiger partial charge in [-0.25, -0.2) is 4.39 Å². The highest BCUT2D eigenvalue weighted by Crippen LogP contribution is 2.27. The van der Waals surface area contributed by atoms with Crippen LogP contribution in [0.5, 0.6) is 5.75 Å². The number of rotatable bonds is 7. The minimum absolute atomic E-state index is 0.0287. The first-order valence-corrected chi connectivity index (χ1v) is 6.41. The molecule has 1 aromatic rings. The van der Waals surface area contributed by atoms with Crippen LogP contribution in [0.3, 0.4) is 0 Å². The first-order valence-electron chi connectivity index (χ1n) is 6.41. The van der Waals surface area contributed by atoms with E-state index in [9.17, 15) is 4.39 Å². The maximum Gasteiger partial charge on any atom is 0.165 e. The highest BCUT2D eigenvalue weighted by Gasteiger charge is 2.15. The van der Waals surface area contributed by atoms with Crippen molar-refractivity contribution < 1.29 is 9.13 Å². The Hall–Kier alpha value is -1.13. The van der Waals surface area contributed by atoms with Gasteiger partial charge in [0.2, 0.25) is 0 Å². The molecule has 4 heteroatoms. The Morgan fingerprint density at radius 1 is 1.44 bits per heavy atom. The highest BCUT2D eigenvalue weighted by molar-refractivity contribution is 5.32. The van der Waals surface area contributed by atoms with Gasteiger partial charge >= 0.3 is 0 Å². The molecule has 102 valence electrons. The average Bonchev–Trinajstić information content (AvgIpc) is 2.37. The van der Waals surface area contributed by atoms with Gasteiger partial charge in [0, 0.05) is 6.04 Å². The smallest absolute Gasteiger partial charge is 0.165 e. The molecule has 0 aliphatic rings. The van der Waals surface area contributed by atoms with Crippen molar-refractivity contribution in [1.29, 1.82) is 0 Å². The summed E-state index contributed by atoms with van der Waals surface area (Å²) in [6.45, 7) is 4.37. The van der Waals surface area contributed by atoms with Gasteiger partial charge in [-0.1, -0.05) is 32.8 Å². The van der Waals surface area contributed by atoms with Crippen molar-refractivity contribution >= 4 is 0 Å². The summed E-state index contributed by atoms with van der Waals surface area (Å²) < 4.78 is 18.3. The topological polar surface area (TPSA) is 47.3 Å². The van der Waals surface area contributed by atoms with Gasteiger partial charge in [0.1, 0.15) is 0 Å². The van der Waals surface area contributed by atoms with Crippen LogP contribution >= 0.6 is 0 Å². The lowest BCUT2D eigenvalue weighted by atomic mass is 9.93. The molecule has 0 heterocycles. The monoisotopic (exact) mass is 254 g/mol. The summed E-state index contributed by atoms with van der Waals surface area (Å²) in [5.74, 6) is 6.08. The van der Waals surface area contributed by atoms with Crippen molar-refractivity contribution in [3.8, 4) is 5.75 Å². The zero-order valence-corrected chi connectivity index (χ0v) is 11.4. The molecule has 0 spiro atoms. The third-order valence-electron chi connectivity index (χ3n) is 3.20. The molecule has 0 fully saturated rings. The SMILES string of the molecule is CCCC(C)CC(NN)c1ccc(F)c(OC)c1. The lowest BCUT2D eigenvalue weighted by Gasteiger charge is -2.21. The maximum absolute atomic E-state index is 13.3. The van der Waals surface area contributed by atoms with Crippen LogP contribution in [-0.2, 0) is 0 Å². The van der Waals surface area contributed by atoms with Gasteiger partial charge in [-0.05, 0) is 30.0 Å². The summed E-state index contributed by atoms with van der Waals surface area (Å²) in [6.07, 6.45) is 3.25. The van der Waals surface area contributed by atoms with E-state index >= 15 is 0 Å². The summed E-state index contributed by atoms with van der Waals surface area (Å²) in [7, 11) is 1.47. The van der Waals surface area contributed by atoms with Crippen LogP contribution in [0, 0.1) is 11.7 Å². The number of nitrogens with one attached hydrogen (secondary N) is 1. The lowest BCUT2D eigenvalue weighted by Crippen LogP contribution is -2.29. The molecular formula is C14H23FN2O. The van der Waals surface area contributed by atoms with Crippen LogP contribution in [0.25, 0.3) is 0 Å². The minimum atomic E-state index is -0.348. The van der Waals surface area contributed by atoms with E-state index in [-0.39, 0.29) is 17.6 Å². The molecule has 18 heavy (non-hydrogen) atoms. The molecule has 0 amide bonds. The summed E-state index contributed by atoms with van der Waals surface area (Å²) in [5.41, 5.74) is 3.76. The van der Waals surface area contributed by atoms with E-state index < -0.39 is 0 Å². The van der Waals surface area contributed by atoms with Crippen molar-refractivity contribution in [3.63, 3.8) is 0 Å². The molecule has 3 N–H and O–H groups in total. The Labute approximate surface area is 108 Å². The number of hydrogen-bond donors (Lipinski definition) is 2. The molecule has 0 aliphatic carbocycles. The van der Waals surface area contributed by atoms with Gasteiger partial charge in [0.15, 0.2) is 11.6 Å². The summed E-state index contributed by atoms with van der Waals surface area (Å²) >= 11 is 0. The Morgan fingerprint density at radius 3 is 2.72 bits per heavy atom. The molecule has 2 atom stereocenters. The van der Waals surface area contributed by atoms with Gasteiger partial charge in [-0.3, -0.25) is 11.3 Å². The second kappa shape index (κ2) is 7.34. The molecule has 2 unspecified atom stereocenters. The number of benzene rings is 1. The van der Waals surface area contributed by atoms with E-state index in [0.717, 1.165) is 24.8 Å². The fourth-order valence-corrected chi connectivity index (χ4v) is 2.21. The highest BCUT2D eigenvalue weighted by atomic mass is 19.1. The van der Waals surface area contributed by atoms with Crippen molar-refractivity contribution in [2.75, 3.05) is 7.11 Å². The van der Waals surface area contributed by atoms with Crippen molar-refractivity contribution in [1.82, 2.24) is 5.43 Å². The minimum Gasteiger partial charge on any atom is -0.494 e. The number of hydrogen-bond acceptors (Lipinski definition) is 3. The van der Waals surface area contributed by atoms with E-state index in [0.29, 0.717) is 5.92 Å². The van der Waals surface area contributed by atoms with E-state index in [1.807, 2.05) is 0 Å². The van der Waals surface area contributed by atoms with Gasteiger partial charge < -0.3 is 4.74 Å². The Bertz CT molecular complexity index is 371. The molecule has 0 bridgehead atoms. The largest absolute Gasteiger partial charge is 0.494 e. The molecule has 0 radical (unpaired) electrons. The van der Waals surface area contributed by atoms with E-state index in [4.69, 9.17) is 10.6 Å². The van der Waals surface area contributed by atoms with Crippen LogP contribution in [0.15, 0.2) is 18.2 Å². The van der Waals surface area contributed by atoms with Crippen LogP contribution in [0.1, 0.15) is 44.7 Å². The summed E-state index contributed by atoms with van der Waals surface area (Å²) in [4.78, 5) is 0. The van der Waals surface area contributed by atoms with Crippen molar-refractivity contribution in [2.24, 2.45) is 11.8 Å². The number of ether oxygens (including phenoxy) is 1. The molecule has 1 rings (SSSR count). The molecule has 1 aromatic carbocycles. The van der Waals surface area contributed by atoms with Gasteiger partial charge in [0.05, 0.1) is 7.11 Å². The van der Waals surface area contributed by atoms with E-state index in [2.05, 4.69) is 19.3 Å². The molecule has 0 aliphatic heterocycles. The predicted molar refractivity (Wildman–Crippen MR) is 71.7 cm³/mol. The normalized spacial score (nSPS) is 14.3. The number of methoxy groups -OCH3 is 1. The van der Waals surface area contributed by atoms with Crippen LogP contribution < -0.4 is 16.0 Å². The quantitative estimate of drug-likeness (QED) is 0.580. The van der Waals surface area contributed by atoms with Gasteiger partial charge in [0.25, 0.3) is 0 Å². The van der Waals surface area contributed by atoms with Crippen LogP contribution in [0.2, 0.25) is 0 Å². The second-order valence-electron chi connectivity index (χ2n) is 4.74. The molecule has 0 saturated carbocycles. The zero-order valence-electron chi connectivity index (χ0n) is 11.4. The molecule has 0 aromatic heterocycles. The number of hydrazine groups is 1. The van der Waals surface area contributed by atoms with Crippen molar-refractivity contribution in [2.45, 2.75) is 39.2 Å². The first kappa shape index (κ1) is 14.9. The fourth-order valence-electron chi connectivity index (χ4n) is 2.21. The lowest BCUT2D eigenvalue weighted by molar-refractivity contribution is 0.376. The standard InChI is InChI=1S/C14H23FN2O/c1-4-5-10(2)8-13(17-16)11-6-7-12(15)14(9-11)18-3/h6-7,9-10,13,17H,4-5,8,16H2,1-3H3. The van der Waals surface area contributed by atoms with Crippen LogP contribution in [-0.4, -0.2) is 7.11 Å². The van der Waals surface area contributed by atoms with Gasteiger partial charge in [-0.2, -0.15) is 0 Å². The number of halogens is 1. The Kier molecular flexibility index (Phi) is 6.09. The number of nitrogens with two attached hydrogens (primary N) is 1. The molecular weight excluding hydrogens is 231 g/mol. The fraction of sp³-hybridized carbons (Fsp3) is 0.571. The molecule has 0 saturated heterocycles. The van der Waals surface area contributed by atoms with E-state index in [1.54, 1.807) is 12.1 Å². The Morgan fingerprint density at radius 2 is 2.17 bits per heavy atom. The summed E-state index contributed by atoms with van der Waals surface area (Å²) in [6, 6.07) is 4.91. The predicted octanol–water partition coefficient (Wildman–Crippen LogP) is 3.17. The Balaban J connectivity index is 2.81.